The van der Waals surface area contributed by atoms with E-state index in [4.69, 9.17) is 5.11 Å². The summed E-state index contributed by atoms with van der Waals surface area (Å²) in [4.78, 5) is 10.8. The number of nitrogens with zero attached hydrogens (tertiary/aromatic N) is 2. The molecule has 0 saturated heterocycles. The molecule has 15 heavy (non-hydrogen) atoms. The Balaban J connectivity index is 2.48. The minimum absolute atomic E-state index is 0.152. The summed E-state index contributed by atoms with van der Waals surface area (Å²) in [5.41, 5.74) is 0.976. The summed E-state index contributed by atoms with van der Waals surface area (Å²) in [6, 6.07) is 9.33. The zero-order valence-electron chi connectivity index (χ0n) is 7.59. The number of aromatic nitrogens is 2. The molecule has 2 aromatic rings. The summed E-state index contributed by atoms with van der Waals surface area (Å²) in [5, 5.41) is 12.9. The first kappa shape index (κ1) is 9.92. The van der Waals surface area contributed by atoms with Crippen molar-refractivity contribution in [3.63, 3.8) is 0 Å². The Hall–Kier alpha value is -1.62. The molecule has 0 bridgehead atoms. The molecule has 0 spiro atoms. The predicted octanol–water partition coefficient (Wildman–Crippen LogP) is 2.33. The quantitative estimate of drug-likeness (QED) is 0.908. The van der Waals surface area contributed by atoms with E-state index in [9.17, 15) is 4.79 Å². The maximum absolute atomic E-state index is 10.8. The van der Waals surface area contributed by atoms with Gasteiger partial charge in [-0.3, -0.25) is 0 Å². The Kier molecular flexibility index (Phi) is 2.55. The van der Waals surface area contributed by atoms with Crippen molar-refractivity contribution in [2.45, 2.75) is 0 Å². The van der Waals surface area contributed by atoms with Gasteiger partial charge >= 0.3 is 5.97 Å². The highest BCUT2D eigenvalue weighted by molar-refractivity contribution is 9.10. The van der Waals surface area contributed by atoms with E-state index >= 15 is 0 Å². The Morgan fingerprint density at radius 1 is 1.33 bits per heavy atom. The van der Waals surface area contributed by atoms with E-state index in [-0.39, 0.29) is 5.56 Å². The van der Waals surface area contributed by atoms with Gasteiger partial charge in [-0.1, -0.05) is 18.2 Å². The third kappa shape index (κ3) is 1.92. The number of halogens is 1. The summed E-state index contributed by atoms with van der Waals surface area (Å²) in [7, 11) is 0. The van der Waals surface area contributed by atoms with Crippen molar-refractivity contribution in [3.8, 4) is 5.69 Å². The number of carboxylic acid groups (broad SMARTS) is 1. The molecule has 76 valence electrons. The Morgan fingerprint density at radius 3 is 2.53 bits per heavy atom. The number of carboxylic acids is 1. The second kappa shape index (κ2) is 3.86. The Morgan fingerprint density at radius 2 is 2.00 bits per heavy atom. The lowest BCUT2D eigenvalue weighted by Crippen LogP contribution is -1.95. The standard InChI is InChI=1S/C10H7BrN2O2/c11-9-8(10(14)15)6-13(12-9)7-4-2-1-3-5-7/h1-6H,(H,14,15). The van der Waals surface area contributed by atoms with E-state index in [1.54, 1.807) is 0 Å². The van der Waals surface area contributed by atoms with E-state index in [0.717, 1.165) is 5.69 Å². The highest BCUT2D eigenvalue weighted by atomic mass is 79.9. The molecule has 1 aromatic carbocycles. The zero-order valence-corrected chi connectivity index (χ0v) is 9.18. The molecule has 0 unspecified atom stereocenters. The first-order valence-corrected chi connectivity index (χ1v) is 5.01. The summed E-state index contributed by atoms with van der Waals surface area (Å²) >= 11 is 3.10. The highest BCUT2D eigenvalue weighted by Gasteiger charge is 2.13. The van der Waals surface area contributed by atoms with Gasteiger partial charge in [-0.25, -0.2) is 9.48 Å². The molecule has 4 nitrogen and oxygen atoms in total. The van der Waals surface area contributed by atoms with E-state index in [2.05, 4.69) is 21.0 Å². The summed E-state index contributed by atoms with van der Waals surface area (Å²) < 4.78 is 1.85. The van der Waals surface area contributed by atoms with Gasteiger partial charge in [0.25, 0.3) is 0 Å². The molecule has 1 N–H and O–H groups in total. The van der Waals surface area contributed by atoms with Crippen molar-refractivity contribution in [1.29, 1.82) is 0 Å². The van der Waals surface area contributed by atoms with Crippen LogP contribution in [0.3, 0.4) is 0 Å². The second-order valence-corrected chi connectivity index (χ2v) is 3.67. The molecule has 0 atom stereocenters. The molecule has 0 saturated carbocycles. The third-order valence-corrected chi connectivity index (χ3v) is 2.51. The topological polar surface area (TPSA) is 55.1 Å². The number of carbonyl (C=O) groups is 1. The summed E-state index contributed by atoms with van der Waals surface area (Å²) in [5.74, 6) is -0.996. The predicted molar refractivity (Wildman–Crippen MR) is 58.2 cm³/mol. The fourth-order valence-electron chi connectivity index (χ4n) is 1.21. The molecule has 0 fully saturated rings. The maximum atomic E-state index is 10.8. The van der Waals surface area contributed by atoms with Gasteiger partial charge in [-0.2, -0.15) is 5.10 Å². The average Bonchev–Trinajstić information content (AvgIpc) is 2.62. The molecular weight excluding hydrogens is 260 g/mol. The first-order valence-electron chi connectivity index (χ1n) is 4.22. The van der Waals surface area contributed by atoms with Crippen LogP contribution < -0.4 is 0 Å². The van der Waals surface area contributed by atoms with Gasteiger partial charge in [0.15, 0.2) is 0 Å². The normalized spacial score (nSPS) is 10.2. The van der Waals surface area contributed by atoms with Crippen molar-refractivity contribution in [2.75, 3.05) is 0 Å². The smallest absolute Gasteiger partial charge is 0.340 e. The van der Waals surface area contributed by atoms with Gasteiger partial charge < -0.3 is 5.11 Å². The van der Waals surface area contributed by atoms with Gasteiger partial charge in [-0.15, -0.1) is 0 Å². The lowest BCUT2D eigenvalue weighted by Gasteiger charge is -1.98. The molecule has 0 aliphatic carbocycles. The van der Waals surface area contributed by atoms with Gasteiger partial charge in [0, 0.05) is 6.20 Å². The number of hydrogen-bond donors (Lipinski definition) is 1. The maximum Gasteiger partial charge on any atom is 0.340 e. The molecule has 5 heteroatoms. The fourth-order valence-corrected chi connectivity index (χ4v) is 1.65. The number of rotatable bonds is 2. The average molecular weight is 267 g/mol. The molecule has 1 heterocycles. The fraction of sp³-hybridized carbons (Fsp3) is 0. The van der Waals surface area contributed by atoms with Crippen LogP contribution in [-0.2, 0) is 0 Å². The van der Waals surface area contributed by atoms with Crippen molar-refractivity contribution in [1.82, 2.24) is 9.78 Å². The summed E-state index contributed by atoms with van der Waals surface area (Å²) in [6.45, 7) is 0. The van der Waals surface area contributed by atoms with E-state index in [1.165, 1.54) is 10.9 Å². The minimum atomic E-state index is -0.996. The number of benzene rings is 1. The highest BCUT2D eigenvalue weighted by Crippen LogP contribution is 2.17. The van der Waals surface area contributed by atoms with Crippen molar-refractivity contribution in [3.05, 3.63) is 46.7 Å². The van der Waals surface area contributed by atoms with Crippen molar-refractivity contribution < 1.29 is 9.90 Å². The first-order chi connectivity index (χ1) is 7.18. The van der Waals surface area contributed by atoms with Crippen LogP contribution in [0.5, 0.6) is 0 Å². The number of hydrogen-bond acceptors (Lipinski definition) is 2. The molecule has 1 aromatic heterocycles. The molecule has 0 aliphatic rings. The van der Waals surface area contributed by atoms with Crippen LogP contribution in [0.1, 0.15) is 10.4 Å². The molecule has 0 radical (unpaired) electrons. The van der Waals surface area contributed by atoms with Crippen LogP contribution in [0.4, 0.5) is 0 Å². The molecule has 2 rings (SSSR count). The largest absolute Gasteiger partial charge is 0.478 e. The van der Waals surface area contributed by atoms with Crippen molar-refractivity contribution in [2.24, 2.45) is 0 Å². The Labute approximate surface area is 94.3 Å². The van der Waals surface area contributed by atoms with E-state index in [1.807, 2.05) is 30.3 Å². The SMILES string of the molecule is O=C(O)c1cn(-c2ccccc2)nc1Br. The monoisotopic (exact) mass is 266 g/mol. The second-order valence-electron chi connectivity index (χ2n) is 2.92. The summed E-state index contributed by atoms with van der Waals surface area (Å²) in [6.07, 6.45) is 1.47. The van der Waals surface area contributed by atoms with Crippen LogP contribution in [0.15, 0.2) is 41.1 Å². The van der Waals surface area contributed by atoms with Crippen LogP contribution in [0, 0.1) is 0 Å². The number of para-hydroxylation sites is 1. The third-order valence-electron chi connectivity index (χ3n) is 1.92. The Bertz CT molecular complexity index is 493. The van der Waals surface area contributed by atoms with Gasteiger partial charge in [0.05, 0.1) is 5.69 Å². The van der Waals surface area contributed by atoms with E-state index in [0.29, 0.717) is 4.60 Å². The lowest BCUT2D eigenvalue weighted by atomic mass is 10.3. The molecule has 0 aliphatic heterocycles. The zero-order chi connectivity index (χ0) is 10.8. The minimum Gasteiger partial charge on any atom is -0.478 e. The van der Waals surface area contributed by atoms with Gasteiger partial charge in [-0.05, 0) is 28.1 Å². The molecule has 0 amide bonds. The van der Waals surface area contributed by atoms with Crippen molar-refractivity contribution >= 4 is 21.9 Å². The lowest BCUT2D eigenvalue weighted by molar-refractivity contribution is 0.0696. The van der Waals surface area contributed by atoms with Crippen LogP contribution >= 0.6 is 15.9 Å². The number of aromatic carboxylic acids is 1. The van der Waals surface area contributed by atoms with Crippen LogP contribution in [0.25, 0.3) is 5.69 Å². The van der Waals surface area contributed by atoms with E-state index < -0.39 is 5.97 Å². The van der Waals surface area contributed by atoms with Crippen LogP contribution in [0.2, 0.25) is 0 Å². The van der Waals surface area contributed by atoms with Crippen LogP contribution in [-0.4, -0.2) is 20.9 Å². The molecular formula is C10H7BrN2O2. The van der Waals surface area contributed by atoms with Gasteiger partial charge in [0.1, 0.15) is 10.2 Å². The van der Waals surface area contributed by atoms with Gasteiger partial charge in [0.2, 0.25) is 0 Å².